The fraction of sp³-hybridized carbons (Fsp3) is 0.929. The number of hydrogen-bond acceptors (Lipinski definition) is 1. The second-order valence-electron chi connectivity index (χ2n) is 5.80. The minimum absolute atomic E-state index is 0.429. The molecule has 2 heteroatoms. The van der Waals surface area contributed by atoms with Crippen LogP contribution in [0.3, 0.4) is 0 Å². The molecule has 0 aromatic carbocycles. The summed E-state index contributed by atoms with van der Waals surface area (Å²) in [5.41, 5.74) is 0. The highest BCUT2D eigenvalue weighted by molar-refractivity contribution is 5.76. The first-order chi connectivity index (χ1) is 7.75. The number of amides is 1. The molecule has 1 saturated heterocycles. The van der Waals surface area contributed by atoms with Crippen LogP contribution in [0.25, 0.3) is 0 Å². The molecule has 2 fully saturated rings. The zero-order chi connectivity index (χ0) is 11.4. The van der Waals surface area contributed by atoms with Crippen LogP contribution in [-0.2, 0) is 4.79 Å². The summed E-state index contributed by atoms with van der Waals surface area (Å²) in [6, 6.07) is 0. The second-order valence-corrected chi connectivity index (χ2v) is 5.80. The monoisotopic (exact) mass is 223 g/mol. The molecule has 16 heavy (non-hydrogen) atoms. The molecule has 2 aliphatic rings. The van der Waals surface area contributed by atoms with Crippen molar-refractivity contribution < 1.29 is 4.79 Å². The van der Waals surface area contributed by atoms with Crippen LogP contribution in [0.1, 0.15) is 58.3 Å². The van der Waals surface area contributed by atoms with E-state index in [9.17, 15) is 4.79 Å². The fourth-order valence-corrected chi connectivity index (χ4v) is 3.18. The molecule has 1 aliphatic heterocycles. The molecular weight excluding hydrogens is 198 g/mol. The average Bonchev–Trinajstić information content (AvgIpc) is 2.30. The lowest BCUT2D eigenvalue weighted by Gasteiger charge is -2.32. The van der Waals surface area contributed by atoms with E-state index in [2.05, 4.69) is 11.8 Å². The standard InChI is InChI=1S/C14H25NO/c1-12-6-5-9-15(11-12)14(16)10-13-7-3-2-4-8-13/h12-13H,2-11H2,1H3/t12-/m1/s1. The quantitative estimate of drug-likeness (QED) is 0.704. The maximum atomic E-state index is 12.1. The summed E-state index contributed by atoms with van der Waals surface area (Å²) in [5.74, 6) is 1.83. The van der Waals surface area contributed by atoms with Crippen LogP contribution < -0.4 is 0 Å². The van der Waals surface area contributed by atoms with Gasteiger partial charge < -0.3 is 4.90 Å². The van der Waals surface area contributed by atoms with Crippen LogP contribution in [-0.4, -0.2) is 23.9 Å². The van der Waals surface area contributed by atoms with E-state index in [4.69, 9.17) is 0 Å². The van der Waals surface area contributed by atoms with Gasteiger partial charge in [-0.2, -0.15) is 0 Å². The van der Waals surface area contributed by atoms with Crippen molar-refractivity contribution in [2.75, 3.05) is 13.1 Å². The van der Waals surface area contributed by atoms with Crippen LogP contribution in [0.2, 0.25) is 0 Å². The Morgan fingerprint density at radius 2 is 1.88 bits per heavy atom. The van der Waals surface area contributed by atoms with Crippen LogP contribution in [0.4, 0.5) is 0 Å². The van der Waals surface area contributed by atoms with Crippen molar-refractivity contribution in [2.45, 2.75) is 58.3 Å². The topological polar surface area (TPSA) is 20.3 Å². The zero-order valence-corrected chi connectivity index (χ0v) is 10.6. The van der Waals surface area contributed by atoms with Crippen molar-refractivity contribution in [3.63, 3.8) is 0 Å². The second kappa shape index (κ2) is 5.70. The summed E-state index contributed by atoms with van der Waals surface area (Å²) in [7, 11) is 0. The molecule has 0 bridgehead atoms. The van der Waals surface area contributed by atoms with Crippen LogP contribution in [0.5, 0.6) is 0 Å². The Bertz CT molecular complexity index is 233. The first-order valence-corrected chi connectivity index (χ1v) is 7.03. The number of hydrogen-bond donors (Lipinski definition) is 0. The molecule has 1 heterocycles. The van der Waals surface area contributed by atoms with Gasteiger partial charge in [0.15, 0.2) is 0 Å². The summed E-state index contributed by atoms with van der Waals surface area (Å²) >= 11 is 0. The largest absolute Gasteiger partial charge is 0.342 e. The summed E-state index contributed by atoms with van der Waals surface area (Å²) in [4.78, 5) is 14.3. The minimum Gasteiger partial charge on any atom is -0.342 e. The lowest BCUT2D eigenvalue weighted by molar-refractivity contribution is -0.134. The Morgan fingerprint density at radius 3 is 2.56 bits per heavy atom. The summed E-state index contributed by atoms with van der Waals surface area (Å²) < 4.78 is 0. The molecule has 0 N–H and O–H groups in total. The van der Waals surface area contributed by atoms with Gasteiger partial charge in [-0.05, 0) is 37.5 Å². The molecule has 0 spiro atoms. The molecule has 1 atom stereocenters. The molecule has 92 valence electrons. The van der Waals surface area contributed by atoms with E-state index in [1.54, 1.807) is 0 Å². The van der Waals surface area contributed by atoms with Crippen molar-refractivity contribution in [3.05, 3.63) is 0 Å². The number of rotatable bonds is 2. The van der Waals surface area contributed by atoms with Crippen LogP contribution in [0.15, 0.2) is 0 Å². The summed E-state index contributed by atoms with van der Waals surface area (Å²) in [6.45, 7) is 4.28. The Kier molecular flexibility index (Phi) is 4.25. The third kappa shape index (κ3) is 3.23. The summed E-state index contributed by atoms with van der Waals surface area (Å²) in [5, 5.41) is 0. The first kappa shape index (κ1) is 11.9. The first-order valence-electron chi connectivity index (χ1n) is 7.03. The SMILES string of the molecule is C[C@@H]1CCCN(C(=O)CC2CCCCC2)C1. The molecule has 1 saturated carbocycles. The lowest BCUT2D eigenvalue weighted by Crippen LogP contribution is -2.39. The van der Waals surface area contributed by atoms with Gasteiger partial charge in [0.25, 0.3) is 0 Å². The van der Waals surface area contributed by atoms with E-state index in [0.717, 1.165) is 19.5 Å². The van der Waals surface area contributed by atoms with Gasteiger partial charge in [0.2, 0.25) is 5.91 Å². The van der Waals surface area contributed by atoms with Crippen LogP contribution >= 0.6 is 0 Å². The van der Waals surface area contributed by atoms with E-state index in [0.29, 0.717) is 17.7 Å². The van der Waals surface area contributed by atoms with Crippen molar-refractivity contribution in [2.24, 2.45) is 11.8 Å². The molecule has 0 unspecified atom stereocenters. The smallest absolute Gasteiger partial charge is 0.222 e. The molecule has 2 nitrogen and oxygen atoms in total. The van der Waals surface area contributed by atoms with Crippen molar-refractivity contribution in [1.29, 1.82) is 0 Å². The van der Waals surface area contributed by atoms with Gasteiger partial charge in [0.1, 0.15) is 0 Å². The summed E-state index contributed by atoms with van der Waals surface area (Å²) in [6.07, 6.45) is 9.97. The maximum Gasteiger partial charge on any atom is 0.222 e. The zero-order valence-electron chi connectivity index (χ0n) is 10.6. The van der Waals surface area contributed by atoms with Crippen molar-refractivity contribution in [3.8, 4) is 0 Å². The lowest BCUT2D eigenvalue weighted by atomic mass is 9.86. The number of nitrogens with zero attached hydrogens (tertiary/aromatic N) is 1. The third-order valence-electron chi connectivity index (χ3n) is 4.20. The molecule has 0 aromatic rings. The van der Waals surface area contributed by atoms with E-state index in [1.165, 1.54) is 44.9 Å². The van der Waals surface area contributed by atoms with E-state index < -0.39 is 0 Å². The third-order valence-corrected chi connectivity index (χ3v) is 4.20. The predicted molar refractivity (Wildman–Crippen MR) is 66.2 cm³/mol. The van der Waals surface area contributed by atoms with Gasteiger partial charge >= 0.3 is 0 Å². The Morgan fingerprint density at radius 1 is 1.12 bits per heavy atom. The molecular formula is C14H25NO. The number of carbonyl (C=O) groups excluding carboxylic acids is 1. The van der Waals surface area contributed by atoms with Gasteiger partial charge in [-0.25, -0.2) is 0 Å². The van der Waals surface area contributed by atoms with E-state index in [-0.39, 0.29) is 0 Å². The fourth-order valence-electron chi connectivity index (χ4n) is 3.18. The molecule has 0 radical (unpaired) electrons. The van der Waals surface area contributed by atoms with Crippen molar-refractivity contribution >= 4 is 5.91 Å². The van der Waals surface area contributed by atoms with Gasteiger partial charge in [-0.15, -0.1) is 0 Å². The highest BCUT2D eigenvalue weighted by atomic mass is 16.2. The normalized spacial score (nSPS) is 28.1. The van der Waals surface area contributed by atoms with Gasteiger partial charge in [0, 0.05) is 19.5 Å². The molecule has 1 aliphatic carbocycles. The Hall–Kier alpha value is -0.530. The highest BCUT2D eigenvalue weighted by Gasteiger charge is 2.24. The molecule has 1 amide bonds. The predicted octanol–water partition coefficient (Wildman–Crippen LogP) is 3.22. The van der Waals surface area contributed by atoms with Crippen LogP contribution in [0, 0.1) is 11.8 Å². The van der Waals surface area contributed by atoms with Crippen molar-refractivity contribution in [1.82, 2.24) is 4.90 Å². The van der Waals surface area contributed by atoms with Gasteiger partial charge in [-0.3, -0.25) is 4.79 Å². The molecule has 0 aromatic heterocycles. The Balaban J connectivity index is 1.77. The van der Waals surface area contributed by atoms with E-state index >= 15 is 0 Å². The van der Waals surface area contributed by atoms with Gasteiger partial charge in [0.05, 0.1) is 0 Å². The number of likely N-dealkylation sites (tertiary alicyclic amines) is 1. The van der Waals surface area contributed by atoms with E-state index in [1.807, 2.05) is 0 Å². The number of carbonyl (C=O) groups is 1. The van der Waals surface area contributed by atoms with Gasteiger partial charge in [-0.1, -0.05) is 26.2 Å². The molecule has 2 rings (SSSR count). The minimum atomic E-state index is 0.429. The highest BCUT2D eigenvalue weighted by Crippen LogP contribution is 2.27. The average molecular weight is 223 g/mol. The Labute approximate surface area is 99.4 Å². The maximum absolute atomic E-state index is 12.1. The number of piperidine rings is 1.